The molecule has 0 unspecified atom stereocenters. The molecule has 0 bridgehead atoms. The van der Waals surface area contributed by atoms with Crippen molar-refractivity contribution in [1.29, 1.82) is 0 Å². The van der Waals surface area contributed by atoms with Crippen molar-refractivity contribution in [2.75, 3.05) is 0 Å². The Morgan fingerprint density at radius 3 is 1.88 bits per heavy atom. The fourth-order valence-corrected chi connectivity index (χ4v) is 3.04. The third kappa shape index (κ3) is 2.83. The van der Waals surface area contributed by atoms with E-state index in [1.165, 1.54) is 0 Å². The number of nitrogens with one attached hydrogen (secondary N) is 1. The second kappa shape index (κ2) is 6.32. The number of benzene rings is 3. The van der Waals surface area contributed by atoms with Crippen molar-refractivity contribution in [2.45, 2.75) is 19.9 Å². The average Bonchev–Trinajstić information content (AvgIpc) is 2.56. The van der Waals surface area contributed by atoms with Crippen molar-refractivity contribution in [3.05, 3.63) is 60.2 Å². The molecular weight excluding hydrogens is 300 g/mol. The molecule has 3 rings (SSSR count). The summed E-state index contributed by atoms with van der Waals surface area (Å²) in [5.41, 5.74) is 6.01. The van der Waals surface area contributed by atoms with E-state index < -0.39 is 11.9 Å². The molecular formula is C20H20N2O2. The number of hydrogen-bond donors (Lipinski definition) is 2. The molecule has 3 aromatic carbocycles. The molecule has 4 heteroatoms. The first-order chi connectivity index (χ1) is 11.5. The molecule has 122 valence electrons. The Morgan fingerprint density at radius 2 is 1.42 bits per heavy atom. The summed E-state index contributed by atoms with van der Waals surface area (Å²) in [4.78, 5) is 24.6. The lowest BCUT2D eigenvalue weighted by Gasteiger charge is -2.20. The first-order valence-electron chi connectivity index (χ1n) is 7.99. The number of nitrogens with two attached hydrogens (primary N) is 1. The van der Waals surface area contributed by atoms with Crippen molar-refractivity contribution < 1.29 is 9.59 Å². The van der Waals surface area contributed by atoms with Gasteiger partial charge in [-0.3, -0.25) is 9.59 Å². The van der Waals surface area contributed by atoms with Crippen LogP contribution in [-0.4, -0.2) is 17.9 Å². The molecule has 0 aliphatic heterocycles. The number of carbonyl (C=O) groups is 2. The first kappa shape index (κ1) is 16.0. The van der Waals surface area contributed by atoms with Gasteiger partial charge in [-0.05, 0) is 33.5 Å². The molecule has 0 aromatic heterocycles. The summed E-state index contributed by atoms with van der Waals surface area (Å²) < 4.78 is 0. The SMILES string of the molecule is CC(C)[C@H](NC(=O)c1c2ccccc2cc2ccccc12)C(N)=O. The average molecular weight is 320 g/mol. The predicted molar refractivity (Wildman–Crippen MR) is 96.7 cm³/mol. The van der Waals surface area contributed by atoms with Gasteiger partial charge in [0.25, 0.3) is 5.91 Å². The fourth-order valence-electron chi connectivity index (χ4n) is 3.04. The molecule has 0 fully saturated rings. The highest BCUT2D eigenvalue weighted by molar-refractivity contribution is 6.18. The normalized spacial score (nSPS) is 12.5. The highest BCUT2D eigenvalue weighted by Gasteiger charge is 2.24. The zero-order valence-corrected chi connectivity index (χ0v) is 13.7. The first-order valence-corrected chi connectivity index (χ1v) is 7.99. The van der Waals surface area contributed by atoms with Crippen LogP contribution in [0.15, 0.2) is 54.6 Å². The Morgan fingerprint density at radius 1 is 0.917 bits per heavy atom. The second-order valence-electron chi connectivity index (χ2n) is 6.29. The number of fused-ring (bicyclic) bond motifs is 2. The molecule has 3 N–H and O–H groups in total. The lowest BCUT2D eigenvalue weighted by molar-refractivity contribution is -0.120. The number of primary amides is 1. The highest BCUT2D eigenvalue weighted by Crippen LogP contribution is 2.28. The topological polar surface area (TPSA) is 72.2 Å². The maximum absolute atomic E-state index is 13.0. The van der Waals surface area contributed by atoms with E-state index in [-0.39, 0.29) is 11.8 Å². The van der Waals surface area contributed by atoms with Crippen LogP contribution in [0.5, 0.6) is 0 Å². The van der Waals surface area contributed by atoms with Crippen LogP contribution in [0, 0.1) is 5.92 Å². The number of rotatable bonds is 4. The van der Waals surface area contributed by atoms with Crippen molar-refractivity contribution >= 4 is 33.4 Å². The Balaban J connectivity index is 2.18. The summed E-state index contributed by atoms with van der Waals surface area (Å²) >= 11 is 0. The zero-order chi connectivity index (χ0) is 17.3. The fraction of sp³-hybridized carbons (Fsp3) is 0.200. The van der Waals surface area contributed by atoms with Crippen LogP contribution in [0.1, 0.15) is 24.2 Å². The Kier molecular flexibility index (Phi) is 4.21. The van der Waals surface area contributed by atoms with Gasteiger partial charge in [-0.15, -0.1) is 0 Å². The van der Waals surface area contributed by atoms with Crippen molar-refractivity contribution in [3.63, 3.8) is 0 Å². The Bertz CT molecular complexity index is 877. The molecule has 4 nitrogen and oxygen atoms in total. The number of carbonyl (C=O) groups excluding carboxylic acids is 2. The zero-order valence-electron chi connectivity index (χ0n) is 13.7. The maximum atomic E-state index is 13.0. The van der Waals surface area contributed by atoms with Crippen LogP contribution in [0.25, 0.3) is 21.5 Å². The molecule has 0 aliphatic carbocycles. The Hall–Kier alpha value is -2.88. The largest absolute Gasteiger partial charge is 0.368 e. The van der Waals surface area contributed by atoms with E-state index in [4.69, 9.17) is 5.73 Å². The molecule has 0 spiro atoms. The number of hydrogen-bond acceptors (Lipinski definition) is 2. The second-order valence-corrected chi connectivity index (χ2v) is 6.29. The quantitative estimate of drug-likeness (QED) is 0.724. The van der Waals surface area contributed by atoms with Crippen LogP contribution >= 0.6 is 0 Å². The third-order valence-corrected chi connectivity index (χ3v) is 4.26. The van der Waals surface area contributed by atoms with E-state index in [1.807, 2.05) is 62.4 Å². The van der Waals surface area contributed by atoms with E-state index >= 15 is 0 Å². The molecule has 2 amide bonds. The van der Waals surface area contributed by atoms with Gasteiger partial charge in [0, 0.05) is 0 Å². The minimum Gasteiger partial charge on any atom is -0.368 e. The molecule has 0 heterocycles. The van der Waals surface area contributed by atoms with Crippen molar-refractivity contribution in [3.8, 4) is 0 Å². The van der Waals surface area contributed by atoms with E-state index in [0.717, 1.165) is 21.5 Å². The highest BCUT2D eigenvalue weighted by atomic mass is 16.2. The standard InChI is InChI=1S/C20H20N2O2/c1-12(2)18(19(21)23)22-20(24)17-15-9-5-3-7-13(15)11-14-8-4-6-10-16(14)17/h3-12,18H,1-2H3,(H2,21,23)(H,22,24)/t18-/m0/s1. The van der Waals surface area contributed by atoms with Crippen LogP contribution in [-0.2, 0) is 4.79 Å². The monoisotopic (exact) mass is 320 g/mol. The van der Waals surface area contributed by atoms with E-state index in [2.05, 4.69) is 11.4 Å². The van der Waals surface area contributed by atoms with Gasteiger partial charge >= 0.3 is 0 Å². The van der Waals surface area contributed by atoms with Gasteiger partial charge in [0.1, 0.15) is 6.04 Å². The van der Waals surface area contributed by atoms with Crippen LogP contribution in [0.4, 0.5) is 0 Å². The molecule has 0 saturated heterocycles. The summed E-state index contributed by atoms with van der Waals surface area (Å²) in [6.45, 7) is 3.72. The van der Waals surface area contributed by atoms with Crippen molar-refractivity contribution in [1.82, 2.24) is 5.32 Å². The van der Waals surface area contributed by atoms with E-state index in [0.29, 0.717) is 5.56 Å². The molecule has 0 saturated carbocycles. The lowest BCUT2D eigenvalue weighted by atomic mass is 9.95. The van der Waals surface area contributed by atoms with Gasteiger partial charge in [-0.1, -0.05) is 62.4 Å². The van der Waals surface area contributed by atoms with Crippen molar-refractivity contribution in [2.24, 2.45) is 11.7 Å². The summed E-state index contributed by atoms with van der Waals surface area (Å²) in [7, 11) is 0. The maximum Gasteiger partial charge on any atom is 0.253 e. The van der Waals surface area contributed by atoms with Gasteiger partial charge in [0.2, 0.25) is 5.91 Å². The van der Waals surface area contributed by atoms with E-state index in [9.17, 15) is 9.59 Å². The summed E-state index contributed by atoms with van der Waals surface area (Å²) in [6.07, 6.45) is 0. The minimum absolute atomic E-state index is 0.0762. The van der Waals surface area contributed by atoms with Gasteiger partial charge in [-0.25, -0.2) is 0 Å². The van der Waals surface area contributed by atoms with Crippen LogP contribution in [0.3, 0.4) is 0 Å². The van der Waals surface area contributed by atoms with Gasteiger partial charge in [0.05, 0.1) is 5.56 Å². The summed E-state index contributed by atoms with van der Waals surface area (Å²) in [6, 6.07) is 16.9. The molecule has 1 atom stereocenters. The van der Waals surface area contributed by atoms with Gasteiger partial charge < -0.3 is 11.1 Å². The Labute approximate surface area is 140 Å². The molecule has 24 heavy (non-hydrogen) atoms. The smallest absolute Gasteiger partial charge is 0.253 e. The molecule has 0 aliphatic rings. The lowest BCUT2D eigenvalue weighted by Crippen LogP contribution is -2.47. The minimum atomic E-state index is -0.699. The van der Waals surface area contributed by atoms with E-state index in [1.54, 1.807) is 0 Å². The predicted octanol–water partition coefficient (Wildman–Crippen LogP) is 3.23. The summed E-state index contributed by atoms with van der Waals surface area (Å²) in [5.74, 6) is -0.879. The van der Waals surface area contributed by atoms with Crippen LogP contribution < -0.4 is 11.1 Å². The van der Waals surface area contributed by atoms with Gasteiger partial charge in [-0.2, -0.15) is 0 Å². The van der Waals surface area contributed by atoms with Crippen LogP contribution in [0.2, 0.25) is 0 Å². The third-order valence-electron chi connectivity index (χ3n) is 4.26. The number of amides is 2. The molecule has 0 radical (unpaired) electrons. The van der Waals surface area contributed by atoms with Gasteiger partial charge in [0.15, 0.2) is 0 Å². The summed E-state index contributed by atoms with van der Waals surface area (Å²) in [5, 5.41) is 6.50. The molecule has 3 aromatic rings.